The van der Waals surface area contributed by atoms with Crippen LogP contribution in [0.3, 0.4) is 0 Å². The Morgan fingerprint density at radius 2 is 1.94 bits per heavy atom. The van der Waals surface area contributed by atoms with Crippen molar-refractivity contribution >= 4 is 23.1 Å². The second kappa shape index (κ2) is 9.42. The minimum absolute atomic E-state index is 0.0835. The molecule has 1 unspecified atom stereocenters. The fourth-order valence-corrected chi connectivity index (χ4v) is 1.40. The van der Waals surface area contributed by atoms with E-state index in [-0.39, 0.29) is 17.4 Å². The summed E-state index contributed by atoms with van der Waals surface area (Å²) >= 11 is 4.32. The van der Waals surface area contributed by atoms with E-state index < -0.39 is 0 Å². The van der Waals surface area contributed by atoms with Crippen LogP contribution < -0.4 is 0 Å². The minimum atomic E-state index is -0.0835. The van der Waals surface area contributed by atoms with Crippen molar-refractivity contribution in [3.05, 3.63) is 48.2 Å². The van der Waals surface area contributed by atoms with Gasteiger partial charge in [0.15, 0.2) is 5.78 Å². The third kappa shape index (κ3) is 6.21. The molecular formula is C14H17ClO3. The Morgan fingerprint density at radius 3 is 2.39 bits per heavy atom. The third-order valence-electron chi connectivity index (χ3n) is 2.33. The number of hydrogen-bond donors (Lipinski definition) is 0. The summed E-state index contributed by atoms with van der Waals surface area (Å²) in [5, 5.41) is 0. The third-order valence-corrected chi connectivity index (χ3v) is 2.33. The summed E-state index contributed by atoms with van der Waals surface area (Å²) in [5.74, 6) is 0.917. The maximum Gasteiger partial charge on any atom is 0.208 e. The molecule has 4 heteroatoms. The lowest BCUT2D eigenvalue weighted by atomic mass is 9.96. The number of benzene rings is 1. The summed E-state index contributed by atoms with van der Waals surface area (Å²) in [4.78, 5) is 20.5. The van der Waals surface area contributed by atoms with Gasteiger partial charge in [0.05, 0.1) is 12.9 Å². The summed E-state index contributed by atoms with van der Waals surface area (Å²) < 4.78 is 4.96. The van der Waals surface area contributed by atoms with Crippen LogP contribution in [0.15, 0.2) is 42.7 Å². The van der Waals surface area contributed by atoms with Gasteiger partial charge in [0.25, 0.3) is 0 Å². The van der Waals surface area contributed by atoms with E-state index in [1.54, 1.807) is 7.11 Å². The van der Waals surface area contributed by atoms with Gasteiger partial charge in [-0.1, -0.05) is 43.8 Å². The molecule has 3 nitrogen and oxygen atoms in total. The lowest BCUT2D eigenvalue weighted by Gasteiger charge is -2.11. The molecule has 0 bridgehead atoms. The second-order valence-electron chi connectivity index (χ2n) is 3.67. The number of Topliss-reactive ketones (excluding diaryl/α,β-unsaturated/α-hetero) is 1. The van der Waals surface area contributed by atoms with Crippen LogP contribution in [-0.2, 0) is 9.53 Å². The second-order valence-corrected chi connectivity index (χ2v) is 3.85. The molecule has 0 aliphatic carbocycles. The van der Waals surface area contributed by atoms with Gasteiger partial charge in [-0.25, -0.2) is 0 Å². The van der Waals surface area contributed by atoms with Gasteiger partial charge in [-0.05, 0) is 11.6 Å². The van der Waals surface area contributed by atoms with Crippen LogP contribution in [0.5, 0.6) is 0 Å². The molecule has 0 amide bonds. The molecule has 98 valence electrons. The molecular weight excluding hydrogens is 252 g/mol. The monoisotopic (exact) mass is 268 g/mol. The molecule has 1 rings (SSSR count). The first-order valence-corrected chi connectivity index (χ1v) is 5.85. The SMILES string of the molecule is C=C(CC(C)C(=O)c1ccccc1)OC.O=CCl. The topological polar surface area (TPSA) is 43.4 Å². The normalized spacial score (nSPS) is 10.6. The Balaban J connectivity index is 0.000000873. The zero-order valence-electron chi connectivity index (χ0n) is 10.6. The Bertz CT molecular complexity index is 387. The fourth-order valence-electron chi connectivity index (χ4n) is 1.40. The average Bonchev–Trinajstić information content (AvgIpc) is 2.39. The molecule has 1 atom stereocenters. The molecule has 0 aromatic heterocycles. The number of ether oxygens (including phenoxy) is 1. The summed E-state index contributed by atoms with van der Waals surface area (Å²) in [6.07, 6.45) is 0.574. The van der Waals surface area contributed by atoms with Crippen LogP contribution >= 0.6 is 11.6 Å². The average molecular weight is 269 g/mol. The Morgan fingerprint density at radius 1 is 1.44 bits per heavy atom. The van der Waals surface area contributed by atoms with E-state index in [9.17, 15) is 4.79 Å². The highest BCUT2D eigenvalue weighted by Gasteiger charge is 2.15. The fraction of sp³-hybridized carbons (Fsp3) is 0.286. The number of carbonyl (C=O) groups is 2. The molecule has 0 fully saturated rings. The van der Waals surface area contributed by atoms with E-state index in [0.29, 0.717) is 12.2 Å². The summed E-state index contributed by atoms with van der Waals surface area (Å²) in [7, 11) is 1.57. The first-order valence-electron chi connectivity index (χ1n) is 5.41. The summed E-state index contributed by atoms with van der Waals surface area (Å²) in [5.41, 5.74) is 0.744. The quantitative estimate of drug-likeness (QED) is 0.355. The van der Waals surface area contributed by atoms with Crippen molar-refractivity contribution in [1.29, 1.82) is 0 Å². The van der Waals surface area contributed by atoms with Crippen LogP contribution in [0.4, 0.5) is 0 Å². The first kappa shape index (κ1) is 16.4. The van der Waals surface area contributed by atoms with Crippen molar-refractivity contribution in [2.45, 2.75) is 13.3 Å². The van der Waals surface area contributed by atoms with Gasteiger partial charge in [0.2, 0.25) is 5.75 Å². The summed E-state index contributed by atoms with van der Waals surface area (Å²) in [6, 6.07) is 9.29. The molecule has 0 aliphatic rings. The zero-order valence-corrected chi connectivity index (χ0v) is 11.3. The van der Waals surface area contributed by atoms with E-state index in [1.807, 2.05) is 37.3 Å². The number of allylic oxidation sites excluding steroid dienone is 1. The van der Waals surface area contributed by atoms with Crippen LogP contribution in [-0.4, -0.2) is 18.6 Å². The van der Waals surface area contributed by atoms with Crippen molar-refractivity contribution < 1.29 is 14.3 Å². The smallest absolute Gasteiger partial charge is 0.208 e. The number of carbonyl (C=O) groups excluding carboxylic acids is 2. The van der Waals surface area contributed by atoms with E-state index in [0.717, 1.165) is 5.56 Å². The first-order chi connectivity index (χ1) is 8.56. The largest absolute Gasteiger partial charge is 0.502 e. The maximum atomic E-state index is 11.9. The number of hydrogen-bond acceptors (Lipinski definition) is 3. The van der Waals surface area contributed by atoms with E-state index in [4.69, 9.17) is 9.53 Å². The maximum absolute atomic E-state index is 11.9. The van der Waals surface area contributed by atoms with Gasteiger partial charge in [-0.15, -0.1) is 0 Å². The predicted octanol–water partition coefficient (Wildman–Crippen LogP) is 3.47. The molecule has 0 aliphatic heterocycles. The molecule has 1 aromatic carbocycles. The van der Waals surface area contributed by atoms with Crippen molar-refractivity contribution in [2.75, 3.05) is 7.11 Å². The van der Waals surface area contributed by atoms with Gasteiger partial charge in [0.1, 0.15) is 0 Å². The number of halogens is 1. The van der Waals surface area contributed by atoms with Crippen LogP contribution in [0, 0.1) is 5.92 Å². The van der Waals surface area contributed by atoms with Gasteiger partial charge in [0, 0.05) is 17.9 Å². The Kier molecular flexibility index (Phi) is 8.58. The molecule has 0 heterocycles. The van der Waals surface area contributed by atoms with E-state index in [2.05, 4.69) is 18.2 Å². The lowest BCUT2D eigenvalue weighted by molar-refractivity contribution is 0.0918. The van der Waals surface area contributed by atoms with Crippen molar-refractivity contribution in [2.24, 2.45) is 5.92 Å². The van der Waals surface area contributed by atoms with E-state index in [1.165, 1.54) is 0 Å². The lowest BCUT2D eigenvalue weighted by Crippen LogP contribution is -2.12. The predicted molar refractivity (Wildman–Crippen MR) is 73.3 cm³/mol. The number of ketones is 1. The van der Waals surface area contributed by atoms with Crippen molar-refractivity contribution in [3.63, 3.8) is 0 Å². The van der Waals surface area contributed by atoms with Gasteiger partial charge < -0.3 is 4.74 Å². The highest BCUT2D eigenvalue weighted by Crippen LogP contribution is 2.15. The highest BCUT2D eigenvalue weighted by atomic mass is 35.5. The Hall–Kier alpha value is -1.61. The Labute approximate surface area is 112 Å². The van der Waals surface area contributed by atoms with Crippen molar-refractivity contribution in [3.8, 4) is 0 Å². The minimum Gasteiger partial charge on any atom is -0.502 e. The number of methoxy groups -OCH3 is 1. The molecule has 1 aromatic rings. The van der Waals surface area contributed by atoms with Crippen LogP contribution in [0.1, 0.15) is 23.7 Å². The number of rotatable bonds is 5. The standard InChI is InChI=1S/C13H16O2.CHClO/c1-10(9-11(2)15-3)13(14)12-7-5-4-6-8-12;2-1-3/h4-8,10H,2,9H2,1,3H3;1H. The molecule has 0 saturated carbocycles. The van der Waals surface area contributed by atoms with Crippen molar-refractivity contribution in [1.82, 2.24) is 0 Å². The molecule has 18 heavy (non-hydrogen) atoms. The van der Waals surface area contributed by atoms with Gasteiger partial charge in [-0.3, -0.25) is 9.59 Å². The summed E-state index contributed by atoms with van der Waals surface area (Å²) in [6.45, 7) is 5.60. The molecule has 0 spiro atoms. The van der Waals surface area contributed by atoms with Crippen LogP contribution in [0.2, 0.25) is 0 Å². The van der Waals surface area contributed by atoms with Gasteiger partial charge in [-0.2, -0.15) is 0 Å². The zero-order chi connectivity index (χ0) is 14.0. The molecule has 0 radical (unpaired) electrons. The van der Waals surface area contributed by atoms with Gasteiger partial charge >= 0.3 is 0 Å². The molecule has 0 saturated heterocycles. The molecule has 0 N–H and O–H groups in total. The van der Waals surface area contributed by atoms with Crippen LogP contribution in [0.25, 0.3) is 0 Å². The highest BCUT2D eigenvalue weighted by molar-refractivity contribution is 6.54. The van der Waals surface area contributed by atoms with E-state index >= 15 is 0 Å².